The molecule has 4 heteroatoms. The molecule has 0 heterocycles. The number of hydrogen-bond donors (Lipinski definition) is 0. The summed E-state index contributed by atoms with van der Waals surface area (Å²) in [7, 11) is 1.55. The highest BCUT2D eigenvalue weighted by atomic mass is 35.5. The van der Waals surface area contributed by atoms with Gasteiger partial charge in [-0.05, 0) is 24.5 Å². The monoisotopic (exact) mass is 246 g/mol. The van der Waals surface area contributed by atoms with Crippen molar-refractivity contribution in [2.75, 3.05) is 7.11 Å². The van der Waals surface area contributed by atoms with Crippen molar-refractivity contribution in [1.29, 1.82) is 0 Å². The summed E-state index contributed by atoms with van der Waals surface area (Å²) >= 11 is 12.0. The number of aryl methyl sites for hydroxylation is 1. The molecule has 0 aliphatic rings. The average molecular weight is 247 g/mol. The van der Waals surface area contributed by atoms with Gasteiger partial charge in [-0.25, -0.2) is 0 Å². The molecule has 0 saturated carbocycles. The number of benzene rings is 1. The zero-order valence-corrected chi connectivity index (χ0v) is 9.94. The Morgan fingerprint density at radius 1 is 1.33 bits per heavy atom. The molecular weight excluding hydrogens is 235 g/mol. The fourth-order valence-corrected chi connectivity index (χ4v) is 1.81. The van der Waals surface area contributed by atoms with Crippen molar-refractivity contribution in [2.24, 2.45) is 0 Å². The van der Waals surface area contributed by atoms with E-state index in [9.17, 15) is 4.79 Å². The lowest BCUT2D eigenvalue weighted by atomic mass is 10.1. The van der Waals surface area contributed by atoms with Crippen LogP contribution in [0.1, 0.15) is 18.4 Å². The van der Waals surface area contributed by atoms with E-state index in [1.807, 2.05) is 0 Å². The number of halogens is 2. The first-order chi connectivity index (χ1) is 7.19. The largest absolute Gasteiger partial charge is 0.495 e. The van der Waals surface area contributed by atoms with E-state index >= 15 is 0 Å². The van der Waals surface area contributed by atoms with E-state index in [4.69, 9.17) is 27.9 Å². The van der Waals surface area contributed by atoms with Gasteiger partial charge in [-0.3, -0.25) is 0 Å². The third kappa shape index (κ3) is 3.40. The number of hydrogen-bond acceptors (Lipinski definition) is 2. The lowest BCUT2D eigenvalue weighted by molar-refractivity contribution is -0.107. The first-order valence-corrected chi connectivity index (χ1v) is 5.40. The highest BCUT2D eigenvalue weighted by molar-refractivity contribution is 6.34. The number of methoxy groups -OCH3 is 1. The summed E-state index contributed by atoms with van der Waals surface area (Å²) < 4.78 is 5.03. The molecule has 0 amide bonds. The molecule has 15 heavy (non-hydrogen) atoms. The Labute approximate surface area is 99.1 Å². The van der Waals surface area contributed by atoms with Crippen LogP contribution in [0.3, 0.4) is 0 Å². The Morgan fingerprint density at radius 2 is 2.07 bits per heavy atom. The lowest BCUT2D eigenvalue weighted by Crippen LogP contribution is -1.91. The minimum atomic E-state index is 0.542. The van der Waals surface area contributed by atoms with E-state index in [1.54, 1.807) is 19.2 Å². The second kappa shape index (κ2) is 5.99. The summed E-state index contributed by atoms with van der Waals surface area (Å²) in [6.45, 7) is 0. The molecule has 1 rings (SSSR count). The van der Waals surface area contributed by atoms with Crippen LogP contribution in [0.5, 0.6) is 5.75 Å². The van der Waals surface area contributed by atoms with Gasteiger partial charge in [-0.15, -0.1) is 0 Å². The van der Waals surface area contributed by atoms with Crippen LogP contribution >= 0.6 is 23.2 Å². The summed E-state index contributed by atoms with van der Waals surface area (Å²) in [6.07, 6.45) is 2.98. The van der Waals surface area contributed by atoms with Gasteiger partial charge in [0.1, 0.15) is 12.0 Å². The maximum Gasteiger partial charge on any atom is 0.138 e. The van der Waals surface area contributed by atoms with Gasteiger partial charge in [0.25, 0.3) is 0 Å². The van der Waals surface area contributed by atoms with E-state index < -0.39 is 0 Å². The average Bonchev–Trinajstić information content (AvgIpc) is 2.23. The molecule has 0 aliphatic carbocycles. The molecule has 0 unspecified atom stereocenters. The van der Waals surface area contributed by atoms with Crippen molar-refractivity contribution < 1.29 is 9.53 Å². The van der Waals surface area contributed by atoms with Gasteiger partial charge in [0.05, 0.1) is 12.1 Å². The molecule has 2 nitrogen and oxygen atoms in total. The molecular formula is C11H12Cl2O2. The van der Waals surface area contributed by atoms with E-state index in [2.05, 4.69) is 0 Å². The topological polar surface area (TPSA) is 26.3 Å². The Bertz CT molecular complexity index is 351. The van der Waals surface area contributed by atoms with Gasteiger partial charge < -0.3 is 9.53 Å². The second-order valence-corrected chi connectivity index (χ2v) is 3.95. The molecule has 0 bridgehead atoms. The van der Waals surface area contributed by atoms with Crippen LogP contribution in [0, 0.1) is 0 Å². The molecule has 82 valence electrons. The van der Waals surface area contributed by atoms with Crippen molar-refractivity contribution in [3.8, 4) is 5.75 Å². The summed E-state index contributed by atoms with van der Waals surface area (Å²) in [4.78, 5) is 10.2. The number of carbonyl (C=O) groups is 1. The summed E-state index contributed by atoms with van der Waals surface area (Å²) in [5.41, 5.74) is 0.948. The molecule has 0 fully saturated rings. The first kappa shape index (κ1) is 12.3. The van der Waals surface area contributed by atoms with Crippen LogP contribution < -0.4 is 4.74 Å². The molecule has 1 aromatic rings. The van der Waals surface area contributed by atoms with Gasteiger partial charge in [0.15, 0.2) is 0 Å². The van der Waals surface area contributed by atoms with Crippen molar-refractivity contribution in [3.63, 3.8) is 0 Å². The zero-order chi connectivity index (χ0) is 11.3. The van der Waals surface area contributed by atoms with Crippen molar-refractivity contribution in [2.45, 2.75) is 19.3 Å². The van der Waals surface area contributed by atoms with Crippen LogP contribution in [0.15, 0.2) is 12.1 Å². The highest BCUT2D eigenvalue weighted by Crippen LogP contribution is 2.31. The molecule has 0 spiro atoms. The minimum Gasteiger partial charge on any atom is -0.495 e. The molecule has 0 aliphatic heterocycles. The third-order valence-electron chi connectivity index (χ3n) is 2.09. The van der Waals surface area contributed by atoms with Gasteiger partial charge in [0.2, 0.25) is 0 Å². The van der Waals surface area contributed by atoms with Gasteiger partial charge in [-0.1, -0.05) is 23.2 Å². The third-order valence-corrected chi connectivity index (χ3v) is 2.74. The minimum absolute atomic E-state index is 0.542. The summed E-state index contributed by atoms with van der Waals surface area (Å²) in [6, 6.07) is 3.48. The highest BCUT2D eigenvalue weighted by Gasteiger charge is 2.07. The number of carbonyl (C=O) groups excluding carboxylic acids is 1. The van der Waals surface area contributed by atoms with Crippen molar-refractivity contribution >= 4 is 29.5 Å². The number of rotatable bonds is 5. The predicted octanol–water partition coefficient (Wildman–Crippen LogP) is 3.52. The Hall–Kier alpha value is -0.730. The Kier molecular flexibility index (Phi) is 4.92. The van der Waals surface area contributed by atoms with Crippen LogP contribution in [0.25, 0.3) is 0 Å². The van der Waals surface area contributed by atoms with E-state index in [0.717, 1.165) is 24.7 Å². The maximum absolute atomic E-state index is 10.2. The van der Waals surface area contributed by atoms with Gasteiger partial charge in [0, 0.05) is 17.5 Å². The molecule has 0 saturated heterocycles. The van der Waals surface area contributed by atoms with E-state index in [0.29, 0.717) is 22.2 Å². The molecule has 0 N–H and O–H groups in total. The Morgan fingerprint density at radius 3 is 2.67 bits per heavy atom. The SMILES string of the molecule is COc1cc(Cl)c(CCCC=O)cc1Cl. The molecule has 1 aromatic carbocycles. The summed E-state index contributed by atoms with van der Waals surface area (Å²) in [5, 5.41) is 1.17. The Balaban J connectivity index is 2.80. The molecule has 0 aromatic heterocycles. The lowest BCUT2D eigenvalue weighted by Gasteiger charge is -2.08. The fraction of sp³-hybridized carbons (Fsp3) is 0.364. The van der Waals surface area contributed by atoms with E-state index in [-0.39, 0.29) is 0 Å². The maximum atomic E-state index is 10.2. The normalized spacial score (nSPS) is 10.1. The smallest absolute Gasteiger partial charge is 0.138 e. The van der Waals surface area contributed by atoms with E-state index in [1.165, 1.54) is 0 Å². The second-order valence-electron chi connectivity index (χ2n) is 3.14. The van der Waals surface area contributed by atoms with Crippen molar-refractivity contribution in [1.82, 2.24) is 0 Å². The quantitative estimate of drug-likeness (QED) is 0.587. The van der Waals surface area contributed by atoms with Crippen LogP contribution in [-0.2, 0) is 11.2 Å². The number of aldehydes is 1. The zero-order valence-electron chi connectivity index (χ0n) is 8.43. The van der Waals surface area contributed by atoms with Crippen molar-refractivity contribution in [3.05, 3.63) is 27.7 Å². The van der Waals surface area contributed by atoms with Crippen LogP contribution in [0.4, 0.5) is 0 Å². The standard InChI is InChI=1S/C11H12Cl2O2/c1-15-11-7-9(12)8(6-10(11)13)4-2-3-5-14/h5-7H,2-4H2,1H3. The fourth-order valence-electron chi connectivity index (χ4n) is 1.29. The predicted molar refractivity (Wildman–Crippen MR) is 62.0 cm³/mol. The van der Waals surface area contributed by atoms with Crippen LogP contribution in [0.2, 0.25) is 10.0 Å². The summed E-state index contributed by atoms with van der Waals surface area (Å²) in [5.74, 6) is 0.570. The number of ether oxygens (including phenoxy) is 1. The van der Waals surface area contributed by atoms with Gasteiger partial charge in [-0.2, -0.15) is 0 Å². The van der Waals surface area contributed by atoms with Crippen LogP contribution in [-0.4, -0.2) is 13.4 Å². The first-order valence-electron chi connectivity index (χ1n) is 4.64. The molecule has 0 radical (unpaired) electrons. The molecule has 0 atom stereocenters. The number of unbranched alkanes of at least 4 members (excludes halogenated alkanes) is 1. The van der Waals surface area contributed by atoms with Gasteiger partial charge >= 0.3 is 0 Å².